The van der Waals surface area contributed by atoms with Crippen LogP contribution in [0.2, 0.25) is 0 Å². The molecule has 7 nitrogen and oxygen atoms in total. The molecule has 3 N–H and O–H groups in total. The summed E-state index contributed by atoms with van der Waals surface area (Å²) in [6.45, 7) is 6.95. The molecule has 8 heteroatoms. The van der Waals surface area contributed by atoms with Crippen LogP contribution in [-0.2, 0) is 22.6 Å². The monoisotopic (exact) mass is 388 g/mol. The van der Waals surface area contributed by atoms with Crippen LogP contribution in [0.1, 0.15) is 51.6 Å². The molecular formula is C19H28N6OS. The first-order valence-electron chi connectivity index (χ1n) is 9.37. The summed E-state index contributed by atoms with van der Waals surface area (Å²) in [7, 11) is 0.736. The van der Waals surface area contributed by atoms with Gasteiger partial charge in [-0.1, -0.05) is 20.8 Å². The summed E-state index contributed by atoms with van der Waals surface area (Å²) in [4.78, 5) is 10.3. The van der Waals surface area contributed by atoms with Gasteiger partial charge in [0.25, 0.3) is 0 Å². The summed E-state index contributed by atoms with van der Waals surface area (Å²) in [5.41, 5.74) is 0.587. The molecule has 1 aromatic heterocycles. The highest BCUT2D eigenvalue weighted by Gasteiger charge is 2.39. The van der Waals surface area contributed by atoms with Crippen LogP contribution >= 0.6 is 0 Å². The van der Waals surface area contributed by atoms with Crippen LogP contribution in [0, 0.1) is 11.3 Å². The molecule has 0 saturated heterocycles. The molecule has 2 heterocycles. The third-order valence-electron chi connectivity index (χ3n) is 5.15. The zero-order chi connectivity index (χ0) is 19.7. The fourth-order valence-electron chi connectivity index (χ4n) is 3.36. The Morgan fingerprint density at radius 3 is 2.67 bits per heavy atom. The van der Waals surface area contributed by atoms with Gasteiger partial charge in [-0.15, -0.1) is 0 Å². The van der Waals surface area contributed by atoms with Crippen LogP contribution in [0.3, 0.4) is 0 Å². The number of aryl methyl sites for hydroxylation is 1. The Kier molecular flexibility index (Phi) is 5.43. The zero-order valence-corrected chi connectivity index (χ0v) is 17.3. The summed E-state index contributed by atoms with van der Waals surface area (Å²) in [6, 6.07) is 2.04. The number of rotatable bonds is 6. The SMILES string of the molecule is CN/C(=C\C#N)NCC1(Nc2nc(C(C)(C)C)nc3c2S(=O)CC3)CCC1. The number of nitrogens with one attached hydrogen (secondary N) is 3. The maximum Gasteiger partial charge on any atom is 0.146 e. The molecule has 0 spiro atoms. The van der Waals surface area contributed by atoms with Gasteiger partial charge < -0.3 is 16.0 Å². The predicted molar refractivity (Wildman–Crippen MR) is 107 cm³/mol. The van der Waals surface area contributed by atoms with Gasteiger partial charge in [0.05, 0.1) is 34.2 Å². The van der Waals surface area contributed by atoms with E-state index in [0.29, 0.717) is 18.1 Å². The van der Waals surface area contributed by atoms with Crippen LogP contribution in [0.15, 0.2) is 16.8 Å². The number of nitrogens with zero attached hydrogens (tertiary/aromatic N) is 3. The lowest BCUT2D eigenvalue weighted by Crippen LogP contribution is -2.53. The Morgan fingerprint density at radius 1 is 1.37 bits per heavy atom. The lowest BCUT2D eigenvalue weighted by atomic mass is 9.76. The van der Waals surface area contributed by atoms with Crippen LogP contribution in [-0.4, -0.2) is 39.1 Å². The molecule has 1 saturated carbocycles. The van der Waals surface area contributed by atoms with E-state index in [1.54, 1.807) is 7.05 Å². The van der Waals surface area contributed by atoms with Gasteiger partial charge in [-0.25, -0.2) is 9.97 Å². The number of nitriles is 1. The first-order valence-corrected chi connectivity index (χ1v) is 10.7. The van der Waals surface area contributed by atoms with E-state index < -0.39 is 10.8 Å². The number of aromatic nitrogens is 2. The van der Waals surface area contributed by atoms with Gasteiger partial charge >= 0.3 is 0 Å². The minimum absolute atomic E-state index is 0.157. The fraction of sp³-hybridized carbons (Fsp3) is 0.632. The molecular weight excluding hydrogens is 360 g/mol. The van der Waals surface area contributed by atoms with Crippen LogP contribution in [0.5, 0.6) is 0 Å². The van der Waals surface area contributed by atoms with E-state index in [-0.39, 0.29) is 11.0 Å². The Labute approximate surface area is 163 Å². The number of fused-ring (bicyclic) bond motifs is 1. The molecule has 146 valence electrons. The summed E-state index contributed by atoms with van der Waals surface area (Å²) in [6.07, 6.45) is 5.33. The van der Waals surface area contributed by atoms with E-state index in [2.05, 4.69) is 36.7 Å². The van der Waals surface area contributed by atoms with Crippen molar-refractivity contribution in [2.75, 3.05) is 24.7 Å². The lowest BCUT2D eigenvalue weighted by molar-refractivity contribution is 0.270. The average Bonchev–Trinajstić information content (AvgIpc) is 2.96. The molecule has 3 rings (SSSR count). The van der Waals surface area contributed by atoms with Crippen LogP contribution in [0.25, 0.3) is 0 Å². The van der Waals surface area contributed by atoms with E-state index in [1.165, 1.54) is 6.08 Å². The molecule has 1 fully saturated rings. The third kappa shape index (κ3) is 4.08. The minimum Gasteiger partial charge on any atom is -0.374 e. The third-order valence-corrected chi connectivity index (χ3v) is 6.61. The van der Waals surface area contributed by atoms with Gasteiger partial charge in [-0.2, -0.15) is 5.26 Å². The number of allylic oxidation sites excluding steroid dienone is 1. The standard InChI is InChI=1S/C19H28N6OS/c1-18(2,3)17-23-13-7-11-27(26)15(13)16(24-17)25-19(8-5-9-19)12-22-14(21-4)6-10-20/h6,21-22H,5,7-9,11-12H2,1-4H3,(H,23,24,25)/b14-6+. The molecule has 1 aliphatic carbocycles. The first kappa shape index (κ1) is 19.6. The van der Waals surface area contributed by atoms with E-state index >= 15 is 0 Å². The van der Waals surface area contributed by atoms with Gasteiger partial charge in [-0.05, 0) is 19.3 Å². The Bertz CT molecular complexity index is 817. The van der Waals surface area contributed by atoms with Crippen molar-refractivity contribution >= 4 is 16.6 Å². The second-order valence-electron chi connectivity index (χ2n) is 8.27. The highest BCUT2D eigenvalue weighted by atomic mass is 32.2. The quantitative estimate of drug-likeness (QED) is 0.640. The second-order valence-corrected chi connectivity index (χ2v) is 9.78. The summed E-state index contributed by atoms with van der Waals surface area (Å²) in [5, 5.41) is 18.8. The maximum absolute atomic E-state index is 12.6. The lowest BCUT2D eigenvalue weighted by Gasteiger charge is -2.43. The van der Waals surface area contributed by atoms with E-state index in [4.69, 9.17) is 15.2 Å². The largest absolute Gasteiger partial charge is 0.374 e. The normalized spacial score (nSPS) is 21.0. The predicted octanol–water partition coefficient (Wildman–Crippen LogP) is 1.95. The van der Waals surface area contributed by atoms with Crippen molar-refractivity contribution < 1.29 is 4.21 Å². The van der Waals surface area contributed by atoms with Gasteiger partial charge in [0.15, 0.2) is 0 Å². The molecule has 1 aromatic rings. The van der Waals surface area contributed by atoms with Crippen molar-refractivity contribution in [3.63, 3.8) is 0 Å². The number of anilines is 1. The average molecular weight is 389 g/mol. The zero-order valence-electron chi connectivity index (χ0n) is 16.5. The van der Waals surface area contributed by atoms with E-state index in [1.807, 2.05) is 6.07 Å². The van der Waals surface area contributed by atoms with Crippen molar-refractivity contribution in [3.05, 3.63) is 23.4 Å². The van der Waals surface area contributed by atoms with Gasteiger partial charge in [0, 0.05) is 31.2 Å². The van der Waals surface area contributed by atoms with Crippen molar-refractivity contribution in [2.45, 2.75) is 62.3 Å². The highest BCUT2D eigenvalue weighted by Crippen LogP contribution is 2.38. The summed E-state index contributed by atoms with van der Waals surface area (Å²) >= 11 is 0. The summed E-state index contributed by atoms with van der Waals surface area (Å²) < 4.78 is 12.6. The van der Waals surface area contributed by atoms with Gasteiger partial charge in [0.2, 0.25) is 0 Å². The smallest absolute Gasteiger partial charge is 0.146 e. The molecule has 0 radical (unpaired) electrons. The van der Waals surface area contributed by atoms with E-state index in [9.17, 15) is 4.21 Å². The highest BCUT2D eigenvalue weighted by molar-refractivity contribution is 7.85. The molecule has 1 unspecified atom stereocenters. The van der Waals surface area contributed by atoms with Crippen LogP contribution < -0.4 is 16.0 Å². The molecule has 0 aromatic carbocycles. The fourth-order valence-corrected chi connectivity index (χ4v) is 4.66. The molecule has 27 heavy (non-hydrogen) atoms. The van der Waals surface area contributed by atoms with Crippen LogP contribution in [0.4, 0.5) is 5.82 Å². The molecule has 1 atom stereocenters. The van der Waals surface area contributed by atoms with Gasteiger partial charge in [-0.3, -0.25) is 4.21 Å². The number of hydrogen-bond acceptors (Lipinski definition) is 7. The maximum atomic E-state index is 12.6. The van der Waals surface area contributed by atoms with Crippen molar-refractivity contribution in [2.24, 2.45) is 0 Å². The minimum atomic E-state index is -1.05. The Balaban J connectivity index is 1.89. The number of hydrogen-bond donors (Lipinski definition) is 3. The Hall–Kier alpha value is -2.14. The van der Waals surface area contributed by atoms with Gasteiger partial charge in [0.1, 0.15) is 22.4 Å². The van der Waals surface area contributed by atoms with Crippen molar-refractivity contribution in [3.8, 4) is 6.07 Å². The van der Waals surface area contributed by atoms with Crippen molar-refractivity contribution in [1.29, 1.82) is 5.26 Å². The first-order chi connectivity index (χ1) is 12.8. The second kappa shape index (κ2) is 7.47. The molecule has 2 aliphatic rings. The topological polar surface area (TPSA) is 103 Å². The summed E-state index contributed by atoms with van der Waals surface area (Å²) in [5.74, 6) is 2.81. The molecule has 0 amide bonds. The van der Waals surface area contributed by atoms with E-state index in [0.717, 1.165) is 47.9 Å². The van der Waals surface area contributed by atoms with Crippen molar-refractivity contribution in [1.82, 2.24) is 20.6 Å². The molecule has 1 aliphatic heterocycles. The molecule has 0 bridgehead atoms. The Morgan fingerprint density at radius 2 is 2.11 bits per heavy atom.